The van der Waals surface area contributed by atoms with Gasteiger partial charge in [-0.1, -0.05) is 0 Å². The first-order chi connectivity index (χ1) is 0. The van der Waals surface area contributed by atoms with E-state index >= 15 is 0 Å². The van der Waals surface area contributed by atoms with Crippen molar-refractivity contribution in [3.05, 3.63) is 0 Å². The van der Waals surface area contributed by atoms with Gasteiger partial charge in [-0.2, -0.15) is 0 Å². The van der Waals surface area contributed by atoms with Gasteiger partial charge in [0.25, 0.3) is 0 Å². The fraction of sp³-hybridized carbons (Fsp3) is 0. The Hall–Kier alpha value is 4.75. The van der Waals surface area contributed by atoms with E-state index in [-0.39, 0.29) is 151 Å². The van der Waals surface area contributed by atoms with E-state index in [0.29, 0.717) is 0 Å². The van der Waals surface area contributed by atoms with Crippen LogP contribution in [0.5, 0.6) is 0 Å². The van der Waals surface area contributed by atoms with Gasteiger partial charge in [0.1, 0.15) is 0 Å². The topological polar surface area (TPSA) is 0 Å². The van der Waals surface area contributed by atoms with Crippen molar-refractivity contribution in [2.75, 3.05) is 0 Å². The van der Waals surface area contributed by atoms with Crippen molar-refractivity contribution >= 4 is 0 Å². The van der Waals surface area contributed by atoms with Crippen LogP contribution in [0.4, 0.5) is 0 Å². The Morgan fingerprint density at radius 3 is 1.00 bits per heavy atom. The Bertz CT molecular complexity index is 24.0. The Morgan fingerprint density at radius 2 is 1.00 bits per heavy atom. The molecule has 0 heterocycles. The predicted octanol–water partition coefficient (Wildman–Crippen LogP) is -0.0200. The molecule has 0 aliphatic heterocycles. The molecule has 0 bridgehead atoms. The van der Waals surface area contributed by atoms with Crippen molar-refractivity contribution < 1.29 is 151 Å². The molecule has 0 nitrogen and oxygen atoms in total. The first kappa shape index (κ1) is 78.0. The van der Waals surface area contributed by atoms with E-state index in [2.05, 4.69) is 0 Å². The molecule has 0 aromatic carbocycles. The van der Waals surface area contributed by atoms with Crippen LogP contribution in [0.2, 0.25) is 0 Å². The van der Waals surface area contributed by atoms with E-state index in [0.717, 1.165) is 0 Å². The molecule has 0 rings (SSSR count). The summed E-state index contributed by atoms with van der Waals surface area (Å²) in [5, 5.41) is 0. The molecule has 0 aliphatic carbocycles. The molecule has 0 N–H and O–H groups in total. The van der Waals surface area contributed by atoms with Crippen LogP contribution in [0, 0.1) is 0 Å². The average Bonchev–Trinajstić information content (AvgIpc) is 0. The Labute approximate surface area is 148 Å². The van der Waals surface area contributed by atoms with Crippen LogP contribution >= 0.6 is 0 Å². The van der Waals surface area contributed by atoms with Crippen LogP contribution in [-0.4, -0.2) is 0 Å². The van der Waals surface area contributed by atoms with E-state index in [4.69, 9.17) is 0 Å². The van der Waals surface area contributed by atoms with Gasteiger partial charge in [-0.15, -0.1) is 0 Å². The second kappa shape index (κ2) is 60.2. The van der Waals surface area contributed by atoms with Crippen molar-refractivity contribution in [2.24, 2.45) is 0 Å². The molecule has 0 aromatic rings. The standard InChI is InChI=1S/Co.Cr.Cu.Fe.Ni.Ti.V.Zr. The van der Waals surface area contributed by atoms with Gasteiger partial charge in [0.2, 0.25) is 0 Å². The summed E-state index contributed by atoms with van der Waals surface area (Å²) in [7, 11) is 0. The SMILES string of the molecule is [Co].[Cr].[Cu].[Fe].[Ni].[Ti].[V].[Zr]. The van der Waals surface area contributed by atoms with Gasteiger partial charge < -0.3 is 0 Å². The van der Waals surface area contributed by atoms with Crippen LogP contribution in [0.3, 0.4) is 0 Å². The van der Waals surface area contributed by atoms with Crippen LogP contribution in [0.15, 0.2) is 0 Å². The second-order valence-corrected chi connectivity index (χ2v) is 0. The van der Waals surface area contributed by atoms with Crippen LogP contribution in [0.1, 0.15) is 0 Å². The minimum Gasteiger partial charge on any atom is 0 e. The number of hydrogen-bond donors (Lipinski definition) is 0. The third kappa shape index (κ3) is 45.3. The molecule has 0 unspecified atom stereocenters. The third-order valence-electron chi connectivity index (χ3n) is 0. The smallest absolute Gasteiger partial charge is 0 e. The number of rotatable bonds is 0. The summed E-state index contributed by atoms with van der Waals surface area (Å²) in [4.78, 5) is 0. The zero-order chi connectivity index (χ0) is 0. The summed E-state index contributed by atoms with van der Waals surface area (Å²) in [5.41, 5.74) is 0. The summed E-state index contributed by atoms with van der Waals surface area (Å²) in [6.07, 6.45) is 0. The monoisotopic (exact) mass is 476 g/mol. The largest absolute Gasteiger partial charge is 0 e. The summed E-state index contributed by atoms with van der Waals surface area (Å²) < 4.78 is 0. The Kier molecular flexibility index (Phi) is 586. The summed E-state index contributed by atoms with van der Waals surface area (Å²) in [6.45, 7) is 0. The van der Waals surface area contributed by atoms with Crippen LogP contribution in [-0.2, 0) is 151 Å². The van der Waals surface area contributed by atoms with Crippen LogP contribution in [0.25, 0.3) is 0 Å². The van der Waals surface area contributed by atoms with E-state index in [1.807, 2.05) is 0 Å². The minimum absolute atomic E-state index is 0. The maximum Gasteiger partial charge on any atom is 0 e. The maximum absolute atomic E-state index is 0. The molecule has 0 amide bonds. The normalized spacial score (nSPS) is 0. The van der Waals surface area contributed by atoms with E-state index in [1.165, 1.54) is 0 Å². The molecule has 0 fully saturated rings. The summed E-state index contributed by atoms with van der Waals surface area (Å²) in [6, 6.07) is 0. The van der Waals surface area contributed by atoms with Crippen LogP contribution < -0.4 is 0 Å². The molecular formula is CoCrCuFeNiTiVZr. The van der Waals surface area contributed by atoms with Gasteiger partial charge in [0, 0.05) is 151 Å². The van der Waals surface area contributed by atoms with E-state index in [1.54, 1.807) is 0 Å². The molecule has 0 saturated carbocycles. The minimum atomic E-state index is 0. The second-order valence-electron chi connectivity index (χ2n) is 0. The summed E-state index contributed by atoms with van der Waals surface area (Å²) in [5.74, 6) is 0. The molecule has 0 aromatic heterocycles. The molecular weight excluding hydrogens is 479 g/mol. The van der Waals surface area contributed by atoms with Gasteiger partial charge in [-0.3, -0.25) is 0 Å². The molecule has 57 valence electrons. The molecule has 0 aliphatic rings. The first-order valence-electron chi connectivity index (χ1n) is 0. The average molecular weight is 479 g/mol. The zero-order valence-electron chi connectivity index (χ0n) is 3.16. The molecule has 8 heavy (non-hydrogen) atoms. The van der Waals surface area contributed by atoms with Crippen molar-refractivity contribution in [2.45, 2.75) is 0 Å². The van der Waals surface area contributed by atoms with Gasteiger partial charge in [-0.05, 0) is 0 Å². The summed E-state index contributed by atoms with van der Waals surface area (Å²) >= 11 is 0. The fourth-order valence-corrected chi connectivity index (χ4v) is 0. The fourth-order valence-electron chi connectivity index (χ4n) is 0. The Morgan fingerprint density at radius 1 is 1.00 bits per heavy atom. The maximum atomic E-state index is 0. The zero-order valence-corrected chi connectivity index (χ0v) is 13.9. The van der Waals surface area contributed by atoms with Gasteiger partial charge in [-0.25, -0.2) is 0 Å². The molecule has 0 saturated heterocycles. The van der Waals surface area contributed by atoms with Crippen molar-refractivity contribution in [3.63, 3.8) is 0 Å². The molecule has 0 atom stereocenters. The molecule has 8 heteroatoms. The predicted molar refractivity (Wildman–Crippen MR) is 0 cm³/mol. The quantitative estimate of drug-likeness (QED) is 0.429. The van der Waals surface area contributed by atoms with Crippen molar-refractivity contribution in [1.82, 2.24) is 0 Å². The number of hydrogen-bond acceptors (Lipinski definition) is 0. The Balaban J connectivity index is 0. The van der Waals surface area contributed by atoms with E-state index < -0.39 is 0 Å². The molecule has 3 radical (unpaired) electrons. The molecule has 0 spiro atoms. The third-order valence-corrected chi connectivity index (χ3v) is 0. The van der Waals surface area contributed by atoms with E-state index in [9.17, 15) is 0 Å². The van der Waals surface area contributed by atoms with Gasteiger partial charge in [0.15, 0.2) is 0 Å². The van der Waals surface area contributed by atoms with Gasteiger partial charge in [0.05, 0.1) is 0 Å². The van der Waals surface area contributed by atoms with Crippen molar-refractivity contribution in [3.8, 4) is 0 Å². The first-order valence-corrected chi connectivity index (χ1v) is 0. The van der Waals surface area contributed by atoms with Gasteiger partial charge >= 0.3 is 0 Å². The van der Waals surface area contributed by atoms with Crippen molar-refractivity contribution in [1.29, 1.82) is 0 Å².